The smallest absolute Gasteiger partial charge is 0.230 e. The molecule has 0 spiro atoms. The lowest BCUT2D eigenvalue weighted by molar-refractivity contribution is 0.272. The number of hydrogen-bond donors (Lipinski definition) is 1. The molecule has 2 rings (SSSR count). The first-order chi connectivity index (χ1) is 6.46. The molecule has 0 unspecified atom stereocenters. The third kappa shape index (κ3) is 1.62. The lowest BCUT2D eigenvalue weighted by Gasteiger charge is -2.45. The van der Waals surface area contributed by atoms with E-state index in [1.165, 1.54) is 0 Å². The molecule has 1 fully saturated rings. The van der Waals surface area contributed by atoms with Gasteiger partial charge < -0.3 is 10.6 Å². The Kier molecular flexibility index (Phi) is 1.83. The Morgan fingerprint density at radius 2 is 1.86 bits per heavy atom. The molecule has 0 aliphatic carbocycles. The van der Waals surface area contributed by atoms with Crippen LogP contribution >= 0.6 is 0 Å². The Balaban J connectivity index is 2.18. The molecule has 1 aliphatic heterocycles. The van der Waals surface area contributed by atoms with Gasteiger partial charge in [-0.15, -0.1) is 0 Å². The number of rotatable bonds is 1. The topological polar surface area (TPSA) is 67.9 Å². The molecular formula is C9H15N5. The molecule has 1 aromatic rings. The van der Waals surface area contributed by atoms with Gasteiger partial charge in [-0.1, -0.05) is 13.8 Å². The van der Waals surface area contributed by atoms with Crippen LogP contribution in [0, 0.1) is 12.3 Å². The Hall–Kier alpha value is -1.39. The normalized spacial score (nSPS) is 19.2. The molecule has 1 aromatic heterocycles. The van der Waals surface area contributed by atoms with Crippen LogP contribution in [0.25, 0.3) is 0 Å². The van der Waals surface area contributed by atoms with Crippen molar-refractivity contribution in [1.82, 2.24) is 15.0 Å². The van der Waals surface area contributed by atoms with Crippen molar-refractivity contribution in [1.29, 1.82) is 0 Å². The van der Waals surface area contributed by atoms with Crippen LogP contribution in [-0.4, -0.2) is 28.0 Å². The zero-order valence-corrected chi connectivity index (χ0v) is 8.78. The molecule has 0 amide bonds. The third-order valence-corrected chi connectivity index (χ3v) is 2.27. The van der Waals surface area contributed by atoms with E-state index in [4.69, 9.17) is 5.73 Å². The molecule has 76 valence electrons. The first-order valence-electron chi connectivity index (χ1n) is 4.69. The van der Waals surface area contributed by atoms with Crippen molar-refractivity contribution in [3.05, 3.63) is 5.82 Å². The molecule has 2 N–H and O–H groups in total. The molecule has 2 heterocycles. The number of nitrogen functional groups attached to an aromatic ring is 1. The summed E-state index contributed by atoms with van der Waals surface area (Å²) in [6.45, 7) is 8.24. The molecule has 5 nitrogen and oxygen atoms in total. The number of hydrogen-bond acceptors (Lipinski definition) is 5. The second-order valence-electron chi connectivity index (χ2n) is 4.56. The predicted octanol–water partition coefficient (Wildman–Crippen LogP) is 0.608. The predicted molar refractivity (Wildman–Crippen MR) is 55.0 cm³/mol. The van der Waals surface area contributed by atoms with Gasteiger partial charge >= 0.3 is 0 Å². The number of nitrogens with two attached hydrogens (primary N) is 1. The van der Waals surface area contributed by atoms with Crippen LogP contribution < -0.4 is 10.6 Å². The SMILES string of the molecule is Cc1nc(N)nc(N2CC(C)(C)C2)n1. The summed E-state index contributed by atoms with van der Waals surface area (Å²) >= 11 is 0. The molecule has 1 saturated heterocycles. The molecule has 14 heavy (non-hydrogen) atoms. The van der Waals surface area contributed by atoms with Gasteiger partial charge in [-0.05, 0) is 12.3 Å². The molecule has 0 atom stereocenters. The lowest BCUT2D eigenvalue weighted by atomic mass is 9.85. The Bertz CT molecular complexity index is 332. The van der Waals surface area contributed by atoms with Crippen molar-refractivity contribution in [2.75, 3.05) is 23.7 Å². The summed E-state index contributed by atoms with van der Waals surface area (Å²) in [5, 5.41) is 0. The highest BCUT2D eigenvalue weighted by Gasteiger charge is 2.35. The molecule has 0 bridgehead atoms. The quantitative estimate of drug-likeness (QED) is 0.707. The average Bonchev–Trinajstić information content (AvgIpc) is 1.97. The van der Waals surface area contributed by atoms with E-state index in [0.717, 1.165) is 13.1 Å². The minimum atomic E-state index is 0.303. The summed E-state index contributed by atoms with van der Waals surface area (Å²) in [4.78, 5) is 14.4. The Morgan fingerprint density at radius 3 is 2.36 bits per heavy atom. The number of nitrogens with zero attached hydrogens (tertiary/aromatic N) is 4. The summed E-state index contributed by atoms with van der Waals surface area (Å²) < 4.78 is 0. The van der Waals surface area contributed by atoms with Gasteiger partial charge in [-0.2, -0.15) is 15.0 Å². The highest BCUT2D eigenvalue weighted by atomic mass is 15.3. The summed E-state index contributed by atoms with van der Waals surface area (Å²) in [6.07, 6.45) is 0. The van der Waals surface area contributed by atoms with E-state index in [9.17, 15) is 0 Å². The van der Waals surface area contributed by atoms with E-state index in [1.54, 1.807) is 0 Å². The maximum atomic E-state index is 5.55. The summed E-state index contributed by atoms with van der Waals surface area (Å²) in [5.74, 6) is 1.68. The van der Waals surface area contributed by atoms with Crippen LogP contribution in [-0.2, 0) is 0 Å². The molecule has 0 radical (unpaired) electrons. The van der Waals surface area contributed by atoms with Crippen LogP contribution in [0.3, 0.4) is 0 Å². The van der Waals surface area contributed by atoms with Crippen molar-refractivity contribution in [2.45, 2.75) is 20.8 Å². The van der Waals surface area contributed by atoms with Crippen LogP contribution in [0.4, 0.5) is 11.9 Å². The fraction of sp³-hybridized carbons (Fsp3) is 0.667. The van der Waals surface area contributed by atoms with Gasteiger partial charge in [0.2, 0.25) is 11.9 Å². The minimum Gasteiger partial charge on any atom is -0.368 e. The summed E-state index contributed by atoms with van der Waals surface area (Å²) in [7, 11) is 0. The highest BCUT2D eigenvalue weighted by molar-refractivity contribution is 5.38. The molecule has 0 aromatic carbocycles. The van der Waals surface area contributed by atoms with E-state index < -0.39 is 0 Å². The second kappa shape index (κ2) is 2.80. The molecule has 1 aliphatic rings. The molecular weight excluding hydrogens is 178 g/mol. The highest BCUT2D eigenvalue weighted by Crippen LogP contribution is 2.31. The Morgan fingerprint density at radius 1 is 1.21 bits per heavy atom. The van der Waals surface area contributed by atoms with Gasteiger partial charge in [-0.3, -0.25) is 0 Å². The zero-order valence-electron chi connectivity index (χ0n) is 8.78. The van der Waals surface area contributed by atoms with E-state index in [0.29, 0.717) is 23.1 Å². The molecule has 0 saturated carbocycles. The monoisotopic (exact) mass is 193 g/mol. The van der Waals surface area contributed by atoms with E-state index >= 15 is 0 Å². The van der Waals surface area contributed by atoms with E-state index in [1.807, 2.05) is 6.92 Å². The van der Waals surface area contributed by atoms with Crippen LogP contribution in [0.15, 0.2) is 0 Å². The standard InChI is InChI=1S/C9H15N5/c1-6-11-7(10)13-8(12-6)14-4-9(2,3)5-14/h4-5H2,1-3H3,(H2,10,11,12,13). The average molecular weight is 193 g/mol. The first kappa shape index (κ1) is 9.18. The number of aryl methyl sites for hydroxylation is 1. The van der Waals surface area contributed by atoms with Gasteiger partial charge in [0.25, 0.3) is 0 Å². The zero-order chi connectivity index (χ0) is 10.3. The maximum absolute atomic E-state index is 5.55. The van der Waals surface area contributed by atoms with Crippen molar-refractivity contribution < 1.29 is 0 Å². The largest absolute Gasteiger partial charge is 0.368 e. The summed E-state index contributed by atoms with van der Waals surface area (Å²) in [5.41, 5.74) is 5.93. The minimum absolute atomic E-state index is 0.303. The van der Waals surface area contributed by atoms with Crippen molar-refractivity contribution in [3.8, 4) is 0 Å². The fourth-order valence-corrected chi connectivity index (χ4v) is 1.76. The van der Waals surface area contributed by atoms with Crippen LogP contribution in [0.1, 0.15) is 19.7 Å². The van der Waals surface area contributed by atoms with Gasteiger partial charge in [-0.25, -0.2) is 0 Å². The maximum Gasteiger partial charge on any atom is 0.230 e. The third-order valence-electron chi connectivity index (χ3n) is 2.27. The van der Waals surface area contributed by atoms with Crippen molar-refractivity contribution in [2.24, 2.45) is 5.41 Å². The second-order valence-corrected chi connectivity index (χ2v) is 4.56. The van der Waals surface area contributed by atoms with Gasteiger partial charge in [0, 0.05) is 13.1 Å². The van der Waals surface area contributed by atoms with Gasteiger partial charge in [0.05, 0.1) is 0 Å². The number of anilines is 2. The first-order valence-corrected chi connectivity index (χ1v) is 4.69. The summed E-state index contributed by atoms with van der Waals surface area (Å²) in [6, 6.07) is 0. The van der Waals surface area contributed by atoms with Crippen LogP contribution in [0.5, 0.6) is 0 Å². The number of aromatic nitrogens is 3. The van der Waals surface area contributed by atoms with E-state index in [2.05, 4.69) is 33.7 Å². The van der Waals surface area contributed by atoms with Gasteiger partial charge in [0.15, 0.2) is 0 Å². The van der Waals surface area contributed by atoms with Gasteiger partial charge in [0.1, 0.15) is 5.82 Å². The van der Waals surface area contributed by atoms with Crippen molar-refractivity contribution in [3.63, 3.8) is 0 Å². The van der Waals surface area contributed by atoms with Crippen molar-refractivity contribution >= 4 is 11.9 Å². The van der Waals surface area contributed by atoms with E-state index in [-0.39, 0.29) is 0 Å². The Labute approximate surface area is 83.4 Å². The molecule has 5 heteroatoms. The lowest BCUT2D eigenvalue weighted by Crippen LogP contribution is -2.53. The fourth-order valence-electron chi connectivity index (χ4n) is 1.76. The van der Waals surface area contributed by atoms with Crippen LogP contribution in [0.2, 0.25) is 0 Å².